The number of hydrogen-bond acceptors (Lipinski definition) is 3. The van der Waals surface area contributed by atoms with Gasteiger partial charge in [-0.3, -0.25) is 4.79 Å². The molecule has 2 rings (SSSR count). The molecular formula is C15H15NO2S. The Bertz CT molecular complexity index is 611. The maximum atomic E-state index is 11.0. The Morgan fingerprint density at radius 2 is 1.95 bits per heavy atom. The predicted molar refractivity (Wildman–Crippen MR) is 79.2 cm³/mol. The van der Waals surface area contributed by atoms with Gasteiger partial charge in [0.15, 0.2) is 0 Å². The van der Waals surface area contributed by atoms with Crippen LogP contribution in [-0.2, 0) is 4.79 Å². The average molecular weight is 273 g/mol. The first kappa shape index (κ1) is 13.4. The second kappa shape index (κ2) is 5.71. The largest absolute Gasteiger partial charge is 0.497 e. The number of hydrogen-bond donors (Lipinski definition) is 1. The summed E-state index contributed by atoms with van der Waals surface area (Å²) in [7, 11) is 1.65. The predicted octanol–water partition coefficient (Wildman–Crippen LogP) is 3.31. The van der Waals surface area contributed by atoms with Crippen molar-refractivity contribution in [3.8, 4) is 16.9 Å². The number of thiophene rings is 1. The van der Waals surface area contributed by atoms with E-state index in [0.717, 1.165) is 21.8 Å². The van der Waals surface area contributed by atoms with Crippen molar-refractivity contribution in [2.24, 2.45) is 5.73 Å². The normalized spacial score (nSPS) is 11.4. The molecule has 0 atom stereocenters. The minimum Gasteiger partial charge on any atom is -0.497 e. The van der Waals surface area contributed by atoms with Gasteiger partial charge in [-0.05, 0) is 47.7 Å². The fourth-order valence-corrected chi connectivity index (χ4v) is 2.55. The van der Waals surface area contributed by atoms with Crippen molar-refractivity contribution in [1.82, 2.24) is 0 Å². The standard InChI is InChI=1S/C15H15NO2S/c1-10(15(16)17)7-14-8-12(9-19-14)11-3-5-13(18-2)6-4-11/h3-9H,1-2H3,(H2,16,17)/b10-7+. The van der Waals surface area contributed by atoms with Gasteiger partial charge >= 0.3 is 0 Å². The molecule has 1 aromatic heterocycles. The van der Waals surface area contributed by atoms with Crippen molar-refractivity contribution in [3.63, 3.8) is 0 Å². The minimum absolute atomic E-state index is 0.389. The molecule has 0 aliphatic heterocycles. The SMILES string of the molecule is COc1ccc(-c2csc(/C=C(\C)C(N)=O)c2)cc1. The zero-order valence-corrected chi connectivity index (χ0v) is 11.7. The van der Waals surface area contributed by atoms with Gasteiger partial charge in [-0.25, -0.2) is 0 Å². The van der Waals surface area contributed by atoms with Crippen LogP contribution in [0, 0.1) is 0 Å². The lowest BCUT2D eigenvalue weighted by atomic mass is 10.1. The summed E-state index contributed by atoms with van der Waals surface area (Å²) in [5, 5.41) is 2.06. The van der Waals surface area contributed by atoms with E-state index in [1.165, 1.54) is 0 Å². The summed E-state index contributed by atoms with van der Waals surface area (Å²) in [6.07, 6.45) is 1.81. The fourth-order valence-electron chi connectivity index (χ4n) is 1.65. The quantitative estimate of drug-likeness (QED) is 0.869. The monoisotopic (exact) mass is 273 g/mol. The van der Waals surface area contributed by atoms with Crippen LogP contribution in [0.15, 0.2) is 41.3 Å². The van der Waals surface area contributed by atoms with Crippen LogP contribution in [0.1, 0.15) is 11.8 Å². The van der Waals surface area contributed by atoms with Crippen molar-refractivity contribution < 1.29 is 9.53 Å². The molecule has 1 amide bonds. The van der Waals surface area contributed by atoms with Crippen molar-refractivity contribution in [2.45, 2.75) is 6.92 Å². The maximum absolute atomic E-state index is 11.0. The summed E-state index contributed by atoms with van der Waals surface area (Å²) >= 11 is 1.58. The number of nitrogens with two attached hydrogens (primary N) is 1. The first-order chi connectivity index (χ1) is 9.10. The topological polar surface area (TPSA) is 52.3 Å². The Morgan fingerprint density at radius 3 is 2.53 bits per heavy atom. The van der Waals surface area contributed by atoms with Crippen molar-refractivity contribution in [2.75, 3.05) is 7.11 Å². The molecule has 0 saturated heterocycles. The molecule has 2 N–H and O–H groups in total. The van der Waals surface area contributed by atoms with E-state index in [4.69, 9.17) is 10.5 Å². The number of amides is 1. The Balaban J connectivity index is 2.25. The van der Waals surface area contributed by atoms with Gasteiger partial charge in [0.05, 0.1) is 7.11 Å². The molecule has 19 heavy (non-hydrogen) atoms. The maximum Gasteiger partial charge on any atom is 0.244 e. The van der Waals surface area contributed by atoms with Crippen molar-refractivity contribution >= 4 is 23.3 Å². The smallest absolute Gasteiger partial charge is 0.244 e. The van der Waals surface area contributed by atoms with E-state index in [1.807, 2.05) is 30.3 Å². The third-order valence-electron chi connectivity index (χ3n) is 2.79. The van der Waals surface area contributed by atoms with Crippen molar-refractivity contribution in [3.05, 3.63) is 46.2 Å². The molecule has 0 unspecified atom stereocenters. The molecule has 0 aliphatic carbocycles. The van der Waals surface area contributed by atoms with Crippen LogP contribution in [0.5, 0.6) is 5.75 Å². The number of carbonyl (C=O) groups excluding carboxylic acids is 1. The highest BCUT2D eigenvalue weighted by Gasteiger charge is 2.03. The number of rotatable bonds is 4. The van der Waals surface area contributed by atoms with Crippen LogP contribution >= 0.6 is 11.3 Å². The summed E-state index contributed by atoms with van der Waals surface area (Å²) in [4.78, 5) is 12.0. The molecule has 0 fully saturated rings. The lowest BCUT2D eigenvalue weighted by molar-refractivity contribution is -0.114. The first-order valence-corrected chi connectivity index (χ1v) is 6.69. The molecule has 4 heteroatoms. The van der Waals surface area contributed by atoms with E-state index in [-0.39, 0.29) is 5.91 Å². The average Bonchev–Trinajstić information content (AvgIpc) is 2.87. The number of primary amides is 1. The van der Waals surface area contributed by atoms with E-state index in [1.54, 1.807) is 31.4 Å². The van der Waals surface area contributed by atoms with Gasteiger partial charge in [0.1, 0.15) is 5.75 Å². The van der Waals surface area contributed by atoms with Gasteiger partial charge in [-0.15, -0.1) is 11.3 Å². The van der Waals surface area contributed by atoms with Gasteiger partial charge in [-0.1, -0.05) is 12.1 Å². The van der Waals surface area contributed by atoms with E-state index in [2.05, 4.69) is 5.38 Å². The number of methoxy groups -OCH3 is 1. The van der Waals surface area contributed by atoms with Gasteiger partial charge < -0.3 is 10.5 Å². The van der Waals surface area contributed by atoms with E-state index < -0.39 is 0 Å². The minimum atomic E-state index is -0.389. The van der Waals surface area contributed by atoms with Crippen LogP contribution in [-0.4, -0.2) is 13.0 Å². The molecule has 0 saturated carbocycles. The van der Waals surface area contributed by atoms with Gasteiger partial charge in [-0.2, -0.15) is 0 Å². The van der Waals surface area contributed by atoms with Crippen molar-refractivity contribution in [1.29, 1.82) is 0 Å². The highest BCUT2D eigenvalue weighted by molar-refractivity contribution is 7.11. The van der Waals surface area contributed by atoms with Crippen LogP contribution in [0.25, 0.3) is 17.2 Å². The summed E-state index contributed by atoms with van der Waals surface area (Å²) in [5.41, 5.74) is 8.02. The van der Waals surface area contributed by atoms with Crippen LogP contribution < -0.4 is 10.5 Å². The van der Waals surface area contributed by atoms with Gasteiger partial charge in [0, 0.05) is 10.5 Å². The molecule has 0 radical (unpaired) electrons. The molecule has 0 aliphatic rings. The Hall–Kier alpha value is -2.07. The van der Waals surface area contributed by atoms with Crippen LogP contribution in [0.4, 0.5) is 0 Å². The summed E-state index contributed by atoms with van der Waals surface area (Å²) < 4.78 is 5.13. The summed E-state index contributed by atoms with van der Waals surface area (Å²) in [6, 6.07) is 9.91. The second-order valence-electron chi connectivity index (χ2n) is 4.16. The molecule has 1 aromatic carbocycles. The molecule has 0 bridgehead atoms. The molecule has 3 nitrogen and oxygen atoms in total. The van der Waals surface area contributed by atoms with Gasteiger partial charge in [0.25, 0.3) is 0 Å². The second-order valence-corrected chi connectivity index (χ2v) is 5.10. The third-order valence-corrected chi connectivity index (χ3v) is 3.67. The highest BCUT2D eigenvalue weighted by atomic mass is 32.1. The lowest BCUT2D eigenvalue weighted by Gasteiger charge is -2.00. The van der Waals surface area contributed by atoms with E-state index >= 15 is 0 Å². The molecule has 2 aromatic rings. The molecule has 98 valence electrons. The zero-order valence-electron chi connectivity index (χ0n) is 10.8. The Morgan fingerprint density at radius 1 is 1.26 bits per heavy atom. The van der Waals surface area contributed by atoms with Crippen LogP contribution in [0.2, 0.25) is 0 Å². The summed E-state index contributed by atoms with van der Waals surface area (Å²) in [5.74, 6) is 0.447. The van der Waals surface area contributed by atoms with E-state index in [0.29, 0.717) is 5.57 Å². The summed E-state index contributed by atoms with van der Waals surface area (Å²) in [6.45, 7) is 1.72. The molecule has 0 spiro atoms. The Labute approximate surface area is 116 Å². The van der Waals surface area contributed by atoms with Gasteiger partial charge in [0.2, 0.25) is 5.91 Å². The number of ether oxygens (including phenoxy) is 1. The first-order valence-electron chi connectivity index (χ1n) is 5.81. The third kappa shape index (κ3) is 3.23. The number of carbonyl (C=O) groups is 1. The fraction of sp³-hybridized carbons (Fsp3) is 0.133. The molecule has 1 heterocycles. The zero-order chi connectivity index (χ0) is 13.8. The number of benzene rings is 1. The lowest BCUT2D eigenvalue weighted by Crippen LogP contribution is -2.11. The Kier molecular flexibility index (Phi) is 4.02. The molecular weight excluding hydrogens is 258 g/mol. The van der Waals surface area contributed by atoms with E-state index in [9.17, 15) is 4.79 Å². The van der Waals surface area contributed by atoms with Crippen LogP contribution in [0.3, 0.4) is 0 Å². The highest BCUT2D eigenvalue weighted by Crippen LogP contribution is 2.28.